The lowest BCUT2D eigenvalue weighted by atomic mass is 9.54. The fraction of sp³-hybridized carbons (Fsp3) is 0.444. The first-order chi connectivity index (χ1) is 11.4. The number of hydrogen-bond acceptors (Lipinski definition) is 5. The van der Waals surface area contributed by atoms with E-state index in [1.54, 1.807) is 17.5 Å². The fourth-order valence-electron chi connectivity index (χ4n) is 3.16. The number of halogens is 1. The van der Waals surface area contributed by atoms with Crippen molar-refractivity contribution >= 4 is 35.3 Å². The number of hydrogen-bond donors (Lipinski definition) is 2. The van der Waals surface area contributed by atoms with Gasteiger partial charge in [0.2, 0.25) is 5.91 Å². The molecule has 0 aliphatic heterocycles. The first-order valence-electron chi connectivity index (χ1n) is 8.10. The van der Waals surface area contributed by atoms with Crippen LogP contribution in [0.5, 0.6) is 0 Å². The van der Waals surface area contributed by atoms with Crippen molar-refractivity contribution in [2.24, 2.45) is 11.1 Å². The minimum absolute atomic E-state index is 0. The number of amides is 1. The summed E-state index contributed by atoms with van der Waals surface area (Å²) in [6.45, 7) is 6.56. The van der Waals surface area contributed by atoms with E-state index < -0.39 is 11.0 Å². The second-order valence-electron chi connectivity index (χ2n) is 6.71. The van der Waals surface area contributed by atoms with Gasteiger partial charge in [0.1, 0.15) is 10.5 Å². The lowest BCUT2D eigenvalue weighted by Crippen LogP contribution is -2.74. The third-order valence-corrected chi connectivity index (χ3v) is 5.86. The number of rotatable bonds is 5. The number of ether oxygens (including phenoxy) is 1. The average Bonchev–Trinajstić information content (AvgIpc) is 3.09. The van der Waals surface area contributed by atoms with Gasteiger partial charge in [-0.3, -0.25) is 4.79 Å². The monoisotopic (exact) mass is 381 g/mol. The molecule has 2 atom stereocenters. The van der Waals surface area contributed by atoms with Crippen LogP contribution in [0.4, 0.5) is 5.69 Å². The van der Waals surface area contributed by atoms with Gasteiger partial charge in [-0.1, -0.05) is 26.0 Å². The van der Waals surface area contributed by atoms with E-state index in [-0.39, 0.29) is 24.4 Å². The third-order valence-electron chi connectivity index (χ3n) is 5.03. The Kier molecular flexibility index (Phi) is 5.89. The maximum atomic E-state index is 12.8. The van der Waals surface area contributed by atoms with Crippen molar-refractivity contribution in [3.63, 3.8) is 0 Å². The Bertz CT molecular complexity index is 736. The van der Waals surface area contributed by atoms with Gasteiger partial charge < -0.3 is 15.8 Å². The molecule has 0 saturated heterocycles. The highest BCUT2D eigenvalue weighted by Crippen LogP contribution is 2.50. The Morgan fingerprint density at radius 1 is 1.48 bits per heavy atom. The molecule has 25 heavy (non-hydrogen) atoms. The highest BCUT2D eigenvalue weighted by Gasteiger charge is 2.62. The number of benzene rings is 1. The lowest BCUT2D eigenvalue weighted by molar-refractivity contribution is -0.166. The highest BCUT2D eigenvalue weighted by atomic mass is 35.5. The maximum absolute atomic E-state index is 12.8. The van der Waals surface area contributed by atoms with Crippen molar-refractivity contribution in [1.29, 1.82) is 0 Å². The molecule has 3 N–H and O–H groups in total. The number of nitrogens with zero attached hydrogens (tertiary/aromatic N) is 1. The van der Waals surface area contributed by atoms with Crippen LogP contribution in [0.1, 0.15) is 27.2 Å². The highest BCUT2D eigenvalue weighted by molar-refractivity contribution is 7.13. The zero-order valence-electron chi connectivity index (χ0n) is 14.6. The number of thiazole rings is 1. The number of aromatic nitrogens is 1. The fourth-order valence-corrected chi connectivity index (χ4v) is 3.79. The Labute approximate surface area is 158 Å². The van der Waals surface area contributed by atoms with Gasteiger partial charge >= 0.3 is 0 Å². The summed E-state index contributed by atoms with van der Waals surface area (Å²) < 4.78 is 5.69. The first kappa shape index (κ1) is 19.8. The van der Waals surface area contributed by atoms with Crippen molar-refractivity contribution in [2.75, 3.05) is 11.9 Å². The molecule has 0 bridgehead atoms. The average molecular weight is 382 g/mol. The lowest BCUT2D eigenvalue weighted by Gasteiger charge is -2.57. The molecule has 1 aromatic heterocycles. The molecule has 5 nitrogen and oxygen atoms in total. The van der Waals surface area contributed by atoms with E-state index in [1.165, 1.54) is 0 Å². The molecule has 2 aromatic rings. The van der Waals surface area contributed by atoms with Gasteiger partial charge in [0.05, 0.1) is 6.10 Å². The van der Waals surface area contributed by atoms with E-state index >= 15 is 0 Å². The van der Waals surface area contributed by atoms with E-state index in [0.717, 1.165) is 16.3 Å². The van der Waals surface area contributed by atoms with Crippen LogP contribution in [0, 0.1) is 5.41 Å². The molecule has 1 heterocycles. The van der Waals surface area contributed by atoms with Gasteiger partial charge in [-0.05, 0) is 19.1 Å². The zero-order chi connectivity index (χ0) is 17.4. The van der Waals surface area contributed by atoms with Crippen molar-refractivity contribution in [3.8, 4) is 10.6 Å². The minimum Gasteiger partial charge on any atom is -0.378 e. The number of carbonyl (C=O) groups excluding carboxylic acids is 1. The molecule has 136 valence electrons. The van der Waals surface area contributed by atoms with Gasteiger partial charge in [-0.15, -0.1) is 23.7 Å². The second-order valence-corrected chi connectivity index (χ2v) is 7.61. The summed E-state index contributed by atoms with van der Waals surface area (Å²) in [5.41, 5.74) is 6.80. The molecule has 1 amide bonds. The van der Waals surface area contributed by atoms with Crippen molar-refractivity contribution < 1.29 is 9.53 Å². The Balaban J connectivity index is 0.00000225. The van der Waals surface area contributed by atoms with E-state index in [2.05, 4.69) is 10.3 Å². The summed E-state index contributed by atoms with van der Waals surface area (Å²) in [7, 11) is 0. The summed E-state index contributed by atoms with van der Waals surface area (Å²) >= 11 is 1.57. The van der Waals surface area contributed by atoms with Gasteiger partial charge in [0, 0.05) is 41.3 Å². The predicted octanol–water partition coefficient (Wildman–Crippen LogP) is 3.70. The molecular weight excluding hydrogens is 358 g/mol. The van der Waals surface area contributed by atoms with E-state index in [1.807, 2.05) is 50.4 Å². The SMILES string of the molecule is CCOC1CC(N)(C(=O)Nc2cccc(-c3nccs3)c2)C1(C)C.Cl. The molecule has 1 aromatic carbocycles. The van der Waals surface area contributed by atoms with Gasteiger partial charge in [-0.2, -0.15) is 0 Å². The van der Waals surface area contributed by atoms with Gasteiger partial charge in [-0.25, -0.2) is 4.98 Å². The zero-order valence-corrected chi connectivity index (χ0v) is 16.2. The summed E-state index contributed by atoms with van der Waals surface area (Å²) in [6, 6.07) is 7.67. The summed E-state index contributed by atoms with van der Waals surface area (Å²) in [4.78, 5) is 17.1. The topological polar surface area (TPSA) is 77.2 Å². The van der Waals surface area contributed by atoms with Gasteiger partial charge in [0.25, 0.3) is 0 Å². The van der Waals surface area contributed by atoms with E-state index in [4.69, 9.17) is 10.5 Å². The first-order valence-corrected chi connectivity index (χ1v) is 8.98. The summed E-state index contributed by atoms with van der Waals surface area (Å²) in [5, 5.41) is 5.82. The van der Waals surface area contributed by atoms with Crippen molar-refractivity contribution in [3.05, 3.63) is 35.8 Å². The quantitative estimate of drug-likeness (QED) is 0.827. The van der Waals surface area contributed by atoms with Crippen LogP contribution in [0.2, 0.25) is 0 Å². The molecule has 1 fully saturated rings. The largest absolute Gasteiger partial charge is 0.378 e. The molecule has 1 aliphatic carbocycles. The van der Waals surface area contributed by atoms with Crippen LogP contribution in [0.3, 0.4) is 0 Å². The predicted molar refractivity (Wildman–Crippen MR) is 104 cm³/mol. The molecule has 3 rings (SSSR count). The minimum atomic E-state index is -0.927. The number of nitrogens with two attached hydrogens (primary N) is 1. The second kappa shape index (κ2) is 7.41. The van der Waals surface area contributed by atoms with Crippen LogP contribution < -0.4 is 11.1 Å². The van der Waals surface area contributed by atoms with Crippen LogP contribution in [0.15, 0.2) is 35.8 Å². The van der Waals surface area contributed by atoms with Crippen molar-refractivity contribution in [1.82, 2.24) is 4.98 Å². The molecule has 2 unspecified atom stereocenters. The van der Waals surface area contributed by atoms with Crippen molar-refractivity contribution in [2.45, 2.75) is 38.8 Å². The van der Waals surface area contributed by atoms with Crippen LogP contribution >= 0.6 is 23.7 Å². The smallest absolute Gasteiger partial charge is 0.245 e. The normalized spacial score (nSPS) is 24.1. The molecule has 1 saturated carbocycles. The molecule has 1 aliphatic rings. The standard InChI is InChI=1S/C18H23N3O2S.ClH/c1-4-23-14-11-18(19,17(14,2)3)16(22)21-13-7-5-6-12(10-13)15-20-8-9-24-15;/h5-10,14H,4,11,19H2,1-3H3,(H,21,22);1H. The van der Waals surface area contributed by atoms with E-state index in [9.17, 15) is 4.79 Å². The Hall–Kier alpha value is -1.47. The Morgan fingerprint density at radius 3 is 2.84 bits per heavy atom. The molecule has 0 spiro atoms. The number of carbonyl (C=O) groups is 1. The van der Waals surface area contributed by atoms with Crippen LogP contribution in [-0.2, 0) is 9.53 Å². The molecule has 7 heteroatoms. The Morgan fingerprint density at radius 2 is 2.24 bits per heavy atom. The maximum Gasteiger partial charge on any atom is 0.245 e. The van der Waals surface area contributed by atoms with Gasteiger partial charge in [0.15, 0.2) is 0 Å². The number of nitrogens with one attached hydrogen (secondary N) is 1. The van der Waals surface area contributed by atoms with Crippen LogP contribution in [-0.4, -0.2) is 29.1 Å². The molecular formula is C18H24ClN3O2S. The van der Waals surface area contributed by atoms with Crippen LogP contribution in [0.25, 0.3) is 10.6 Å². The number of anilines is 1. The third kappa shape index (κ3) is 3.44. The van der Waals surface area contributed by atoms with E-state index in [0.29, 0.717) is 13.0 Å². The molecule has 0 radical (unpaired) electrons. The summed E-state index contributed by atoms with van der Waals surface area (Å²) in [6.07, 6.45) is 2.32. The summed E-state index contributed by atoms with van der Waals surface area (Å²) in [5.74, 6) is -0.167.